The molecule has 7 nitrogen and oxygen atoms in total. The Balaban J connectivity index is 2.27. The highest BCUT2D eigenvalue weighted by atomic mass is 28.4. The number of ether oxygens (including phenoxy) is 3. The molecular formula is C34H66O7Si2. The summed E-state index contributed by atoms with van der Waals surface area (Å²) >= 11 is 0. The molecule has 0 aromatic heterocycles. The normalized spacial score (nSPS) is 29.9. The van der Waals surface area contributed by atoms with Crippen LogP contribution in [-0.4, -0.2) is 69.6 Å². The molecule has 2 fully saturated rings. The lowest BCUT2D eigenvalue weighted by molar-refractivity contribution is -0.348. The van der Waals surface area contributed by atoms with E-state index in [1.165, 1.54) is 0 Å². The molecular weight excluding hydrogens is 577 g/mol. The van der Waals surface area contributed by atoms with Gasteiger partial charge in [-0.2, -0.15) is 0 Å². The maximum atomic E-state index is 12.9. The van der Waals surface area contributed by atoms with E-state index in [1.54, 1.807) is 0 Å². The smallest absolute Gasteiger partial charge is 0.308 e. The molecule has 2 heterocycles. The van der Waals surface area contributed by atoms with Crippen molar-refractivity contribution in [2.24, 2.45) is 5.92 Å². The minimum Gasteiger partial charge on any atom is -0.460 e. The van der Waals surface area contributed by atoms with Crippen molar-refractivity contribution in [3.8, 4) is 0 Å². The van der Waals surface area contributed by atoms with Crippen molar-refractivity contribution in [2.45, 2.75) is 186 Å². The number of hydrogen-bond acceptors (Lipinski definition) is 7. The molecule has 0 saturated carbocycles. The first-order valence-electron chi connectivity index (χ1n) is 16.8. The molecule has 2 saturated heterocycles. The van der Waals surface area contributed by atoms with Crippen LogP contribution >= 0.6 is 0 Å². The van der Waals surface area contributed by atoms with Gasteiger partial charge in [-0.25, -0.2) is 0 Å². The van der Waals surface area contributed by atoms with Crippen LogP contribution in [0.25, 0.3) is 0 Å². The molecule has 0 aromatic rings. The molecule has 0 aromatic carbocycles. The predicted octanol–water partition coefficient (Wildman–Crippen LogP) is 8.52. The summed E-state index contributed by atoms with van der Waals surface area (Å²) in [5.41, 5.74) is -0.503. The number of hydrogen-bond donors (Lipinski definition) is 1. The lowest BCUT2D eigenvalue weighted by Gasteiger charge is -2.53. The van der Waals surface area contributed by atoms with Gasteiger partial charge in [0.15, 0.2) is 22.4 Å². The van der Waals surface area contributed by atoms with E-state index >= 15 is 0 Å². The van der Waals surface area contributed by atoms with Crippen LogP contribution in [0.2, 0.25) is 36.3 Å². The van der Waals surface area contributed by atoms with Crippen LogP contribution in [0.4, 0.5) is 0 Å². The molecule has 252 valence electrons. The number of aliphatic hydroxyl groups is 1. The standard InChI is InChI=1S/C34H66O7Si2/c1-15-43(16-2,17-3)37-23-26(5)25(4)18-28-21-33(12,36)24-34(39-28)22-29(41-42(13,14)32(9,10)11)19-27(38-34)20-30(35)40-31(6,7)8/h26-29,36H,4,15-24H2,1-3,5-14H3/t26-,27+,28-,29-,33-,34+/m0/s1. The highest BCUT2D eigenvalue weighted by Gasteiger charge is 2.54. The zero-order valence-corrected chi connectivity index (χ0v) is 32.0. The Kier molecular flexibility index (Phi) is 13.0. The highest BCUT2D eigenvalue weighted by Crippen LogP contribution is 2.47. The van der Waals surface area contributed by atoms with Gasteiger partial charge in [-0.15, -0.1) is 0 Å². The zero-order chi connectivity index (χ0) is 33.1. The summed E-state index contributed by atoms with van der Waals surface area (Å²) in [4.78, 5) is 12.9. The van der Waals surface area contributed by atoms with Crippen molar-refractivity contribution >= 4 is 22.6 Å². The van der Waals surface area contributed by atoms with Crippen LogP contribution in [-0.2, 0) is 27.9 Å². The first-order chi connectivity index (χ1) is 19.5. The van der Waals surface area contributed by atoms with Gasteiger partial charge in [-0.05, 0) is 82.7 Å². The van der Waals surface area contributed by atoms with Crippen molar-refractivity contribution in [1.29, 1.82) is 0 Å². The SMILES string of the molecule is C=C(C[C@H]1C[C@](C)(O)C[C@@]2(C[C@@H](O[Si](C)(C)C(C)(C)C)C[C@H](CC(=O)OC(C)(C)C)O2)O1)[C@@H](C)CO[Si](CC)(CC)CC. The van der Waals surface area contributed by atoms with E-state index in [0.717, 1.165) is 23.7 Å². The van der Waals surface area contributed by atoms with Gasteiger partial charge in [0.1, 0.15) is 5.60 Å². The lowest BCUT2D eigenvalue weighted by atomic mass is 9.80. The molecule has 2 rings (SSSR count). The third-order valence-corrected chi connectivity index (χ3v) is 19.2. The Morgan fingerprint density at radius 2 is 1.56 bits per heavy atom. The number of rotatable bonds is 13. The fourth-order valence-corrected chi connectivity index (χ4v) is 10.4. The average molecular weight is 643 g/mol. The molecule has 0 unspecified atom stereocenters. The molecule has 2 aliphatic rings. The third kappa shape index (κ3) is 11.3. The van der Waals surface area contributed by atoms with E-state index in [0.29, 0.717) is 38.7 Å². The van der Waals surface area contributed by atoms with Crippen molar-refractivity contribution in [2.75, 3.05) is 6.61 Å². The summed E-state index contributed by atoms with van der Waals surface area (Å²) in [7, 11) is -3.81. The summed E-state index contributed by atoms with van der Waals surface area (Å²) in [6.45, 7) is 32.7. The molecule has 2 aliphatic heterocycles. The summed E-state index contributed by atoms with van der Waals surface area (Å²) in [6, 6.07) is 3.36. The van der Waals surface area contributed by atoms with Crippen LogP contribution < -0.4 is 0 Å². The van der Waals surface area contributed by atoms with Gasteiger partial charge in [0.2, 0.25) is 0 Å². The molecule has 6 atom stereocenters. The maximum Gasteiger partial charge on any atom is 0.308 e. The van der Waals surface area contributed by atoms with Crippen molar-refractivity contribution in [1.82, 2.24) is 0 Å². The average Bonchev–Trinajstić information content (AvgIpc) is 2.81. The van der Waals surface area contributed by atoms with Gasteiger partial charge >= 0.3 is 5.97 Å². The van der Waals surface area contributed by atoms with E-state index in [-0.39, 0.29) is 35.6 Å². The van der Waals surface area contributed by atoms with Crippen LogP contribution in [0.15, 0.2) is 12.2 Å². The van der Waals surface area contributed by atoms with E-state index in [9.17, 15) is 9.90 Å². The quantitative estimate of drug-likeness (QED) is 0.122. The Hall–Kier alpha value is -0.556. The lowest BCUT2D eigenvalue weighted by Crippen LogP contribution is -2.59. The number of carbonyl (C=O) groups is 1. The van der Waals surface area contributed by atoms with Gasteiger partial charge in [-0.1, -0.05) is 60.6 Å². The molecule has 0 radical (unpaired) electrons. The van der Waals surface area contributed by atoms with Gasteiger partial charge in [0.05, 0.1) is 30.3 Å². The van der Waals surface area contributed by atoms with E-state index in [1.807, 2.05) is 27.7 Å². The maximum absolute atomic E-state index is 12.9. The first kappa shape index (κ1) is 38.6. The first-order valence-corrected chi connectivity index (χ1v) is 22.2. The van der Waals surface area contributed by atoms with Gasteiger partial charge in [0.25, 0.3) is 0 Å². The topological polar surface area (TPSA) is 83.5 Å². The van der Waals surface area contributed by atoms with Crippen molar-refractivity contribution in [3.05, 3.63) is 12.2 Å². The number of carbonyl (C=O) groups excluding carboxylic acids is 1. The molecule has 0 aliphatic carbocycles. The number of esters is 1. The Morgan fingerprint density at radius 1 is 1.00 bits per heavy atom. The molecule has 0 amide bonds. The van der Waals surface area contributed by atoms with Gasteiger partial charge < -0.3 is 28.2 Å². The molecule has 43 heavy (non-hydrogen) atoms. The molecule has 9 heteroatoms. The van der Waals surface area contributed by atoms with Crippen LogP contribution in [0.3, 0.4) is 0 Å². The second kappa shape index (κ2) is 14.5. The minimum atomic E-state index is -2.12. The monoisotopic (exact) mass is 642 g/mol. The van der Waals surface area contributed by atoms with Crippen LogP contribution in [0.5, 0.6) is 0 Å². The summed E-state index contributed by atoms with van der Waals surface area (Å²) in [5, 5.41) is 11.6. The second-order valence-electron chi connectivity index (χ2n) is 16.3. The van der Waals surface area contributed by atoms with Gasteiger partial charge in [-0.3, -0.25) is 4.79 Å². The molecule has 1 spiro atoms. The largest absolute Gasteiger partial charge is 0.460 e. The summed E-state index contributed by atoms with van der Waals surface area (Å²) in [6.07, 6.45) is 1.80. The Labute approximate surface area is 266 Å². The van der Waals surface area contributed by atoms with Crippen LogP contribution in [0.1, 0.15) is 115 Å². The fraction of sp³-hybridized carbons (Fsp3) is 0.912. The van der Waals surface area contributed by atoms with E-state index < -0.39 is 39.7 Å². The minimum absolute atomic E-state index is 0.0320. The second-order valence-corrected chi connectivity index (χ2v) is 25.8. The summed E-state index contributed by atoms with van der Waals surface area (Å²) in [5.74, 6) is -1.17. The highest BCUT2D eigenvalue weighted by molar-refractivity contribution is 6.74. The third-order valence-electron chi connectivity index (χ3n) is 9.99. The molecule has 1 N–H and O–H groups in total. The predicted molar refractivity (Wildman–Crippen MR) is 180 cm³/mol. The zero-order valence-electron chi connectivity index (χ0n) is 30.0. The fourth-order valence-electron chi connectivity index (χ4n) is 6.30. The summed E-state index contributed by atoms with van der Waals surface area (Å²) < 4.78 is 32.7. The van der Waals surface area contributed by atoms with E-state index in [4.69, 9.17) is 23.1 Å². The molecule has 0 bridgehead atoms. The Bertz CT molecular complexity index is 924. The van der Waals surface area contributed by atoms with Crippen molar-refractivity contribution < 1.29 is 33.0 Å². The van der Waals surface area contributed by atoms with Gasteiger partial charge in [0, 0.05) is 25.9 Å². The van der Waals surface area contributed by atoms with Crippen molar-refractivity contribution in [3.63, 3.8) is 0 Å². The van der Waals surface area contributed by atoms with Crippen LogP contribution in [0, 0.1) is 5.92 Å². The Morgan fingerprint density at radius 3 is 2.07 bits per heavy atom. The van der Waals surface area contributed by atoms with E-state index in [2.05, 4.69) is 68.1 Å².